The van der Waals surface area contributed by atoms with Crippen LogP contribution in [-0.2, 0) is 17.8 Å². The molecule has 0 aliphatic heterocycles. The molecular formula is C27H33F6NO2. The third-order valence-electron chi connectivity index (χ3n) is 7.07. The van der Waals surface area contributed by atoms with Crippen LogP contribution in [0.15, 0.2) is 48.5 Å². The third kappa shape index (κ3) is 7.16. The molecule has 2 atom stereocenters. The van der Waals surface area contributed by atoms with Gasteiger partial charge in [0.25, 0.3) is 0 Å². The predicted molar refractivity (Wildman–Crippen MR) is 126 cm³/mol. The first-order valence-corrected chi connectivity index (χ1v) is 12.3. The zero-order valence-electron chi connectivity index (χ0n) is 20.3. The van der Waals surface area contributed by atoms with Crippen LogP contribution >= 0.6 is 0 Å². The molecule has 2 aromatic carbocycles. The molecule has 1 saturated carbocycles. The first kappa shape index (κ1) is 28.3. The van der Waals surface area contributed by atoms with Crippen LogP contribution in [0, 0.1) is 5.92 Å². The van der Waals surface area contributed by atoms with Gasteiger partial charge in [0.15, 0.2) is 0 Å². The van der Waals surface area contributed by atoms with Gasteiger partial charge in [0.1, 0.15) is 5.75 Å². The smallest absolute Gasteiger partial charge is 0.416 e. The number of rotatable bonds is 12. The van der Waals surface area contributed by atoms with Crippen LogP contribution < -0.4 is 10.1 Å². The quantitative estimate of drug-likeness (QED) is 0.299. The normalized spacial score (nSPS) is 17.3. The predicted octanol–water partition coefficient (Wildman–Crippen LogP) is 6.98. The summed E-state index contributed by atoms with van der Waals surface area (Å²) in [5.41, 5.74) is -1.29. The van der Waals surface area contributed by atoms with Gasteiger partial charge in [-0.3, -0.25) is 0 Å². The van der Waals surface area contributed by atoms with Crippen LogP contribution in [0.1, 0.15) is 62.1 Å². The Hall–Kier alpha value is -2.26. The standard InChI is InChI=1S/C27H33F6NO2/c1-2-3-5-19(18-36-23-12-10-22(11-13-23)27(31,32)33)16-34-17-24(35)25(14-4-15-25)20-6-8-21(9-7-20)26(28,29)30/h6-13,19,24,34-35H,2-5,14-18H2,1H3. The van der Waals surface area contributed by atoms with Gasteiger partial charge in [-0.2, -0.15) is 26.3 Å². The largest absolute Gasteiger partial charge is 0.493 e. The summed E-state index contributed by atoms with van der Waals surface area (Å²) >= 11 is 0. The Kier molecular flexibility index (Phi) is 9.33. The number of nitrogens with one attached hydrogen (secondary N) is 1. The highest BCUT2D eigenvalue weighted by Crippen LogP contribution is 2.47. The van der Waals surface area contributed by atoms with E-state index in [0.29, 0.717) is 37.3 Å². The lowest BCUT2D eigenvalue weighted by Crippen LogP contribution is -2.50. The van der Waals surface area contributed by atoms with Gasteiger partial charge in [-0.15, -0.1) is 0 Å². The van der Waals surface area contributed by atoms with Crippen molar-refractivity contribution in [3.05, 3.63) is 65.2 Å². The average Bonchev–Trinajstić information content (AvgIpc) is 2.79. The summed E-state index contributed by atoms with van der Waals surface area (Å²) in [4.78, 5) is 0. The summed E-state index contributed by atoms with van der Waals surface area (Å²) in [7, 11) is 0. The highest BCUT2D eigenvalue weighted by molar-refractivity contribution is 5.34. The maximum atomic E-state index is 12.9. The van der Waals surface area contributed by atoms with E-state index in [-0.39, 0.29) is 12.5 Å². The van der Waals surface area contributed by atoms with E-state index in [0.717, 1.165) is 49.9 Å². The van der Waals surface area contributed by atoms with Crippen molar-refractivity contribution in [1.29, 1.82) is 0 Å². The van der Waals surface area contributed by atoms with Crippen LogP contribution in [0.4, 0.5) is 26.3 Å². The third-order valence-corrected chi connectivity index (χ3v) is 7.07. The second-order valence-corrected chi connectivity index (χ2v) is 9.60. The Morgan fingerprint density at radius 1 is 0.889 bits per heavy atom. The van der Waals surface area contributed by atoms with Crippen LogP contribution in [0.2, 0.25) is 0 Å². The fourth-order valence-electron chi connectivity index (χ4n) is 4.67. The summed E-state index contributed by atoms with van der Waals surface area (Å²) in [5.74, 6) is 0.447. The van der Waals surface area contributed by atoms with Gasteiger partial charge in [0, 0.05) is 24.4 Å². The van der Waals surface area contributed by atoms with E-state index in [2.05, 4.69) is 12.2 Å². The van der Waals surface area contributed by atoms with Crippen molar-refractivity contribution in [1.82, 2.24) is 5.32 Å². The van der Waals surface area contributed by atoms with E-state index < -0.39 is 35.0 Å². The molecule has 0 aromatic heterocycles. The molecule has 36 heavy (non-hydrogen) atoms. The molecule has 2 aromatic rings. The Morgan fingerprint density at radius 2 is 1.44 bits per heavy atom. The Balaban J connectivity index is 1.55. The summed E-state index contributed by atoms with van der Waals surface area (Å²) in [6.45, 7) is 3.21. The summed E-state index contributed by atoms with van der Waals surface area (Å²) in [5, 5.41) is 14.3. The molecule has 0 amide bonds. The zero-order chi connectivity index (χ0) is 26.4. The number of aliphatic hydroxyl groups excluding tert-OH is 1. The molecular weight excluding hydrogens is 484 g/mol. The molecule has 0 spiro atoms. The molecule has 0 heterocycles. The second kappa shape index (κ2) is 11.9. The maximum Gasteiger partial charge on any atom is 0.416 e. The van der Waals surface area contributed by atoms with E-state index in [1.807, 2.05) is 0 Å². The molecule has 1 aliphatic rings. The Bertz CT molecular complexity index is 937. The van der Waals surface area contributed by atoms with Gasteiger partial charge < -0.3 is 15.2 Å². The number of hydrogen-bond acceptors (Lipinski definition) is 3. The summed E-state index contributed by atoms with van der Waals surface area (Å²) < 4.78 is 82.8. The van der Waals surface area contributed by atoms with Crippen LogP contribution in [0.5, 0.6) is 5.75 Å². The SMILES string of the molecule is CCCCC(CNCC(O)C1(c2ccc(C(F)(F)F)cc2)CCC1)COc1ccc(C(F)(F)F)cc1. The topological polar surface area (TPSA) is 41.5 Å². The molecule has 3 rings (SSSR count). The number of ether oxygens (including phenoxy) is 1. The first-order chi connectivity index (χ1) is 17.0. The number of hydrogen-bond donors (Lipinski definition) is 2. The molecule has 2 unspecified atom stereocenters. The summed E-state index contributed by atoms with van der Waals surface area (Å²) in [6, 6.07) is 9.65. The number of aliphatic hydroxyl groups is 1. The van der Waals surface area contributed by atoms with Gasteiger partial charge in [-0.1, -0.05) is 38.3 Å². The highest BCUT2D eigenvalue weighted by Gasteiger charge is 2.45. The van der Waals surface area contributed by atoms with Crippen molar-refractivity contribution in [2.24, 2.45) is 5.92 Å². The van der Waals surface area contributed by atoms with Crippen LogP contribution in [0.25, 0.3) is 0 Å². The van der Waals surface area contributed by atoms with E-state index in [4.69, 9.17) is 4.74 Å². The average molecular weight is 518 g/mol. The molecule has 0 bridgehead atoms. The minimum absolute atomic E-state index is 0.0860. The fraction of sp³-hybridized carbons (Fsp3) is 0.556. The molecule has 0 saturated heterocycles. The highest BCUT2D eigenvalue weighted by atomic mass is 19.4. The zero-order valence-corrected chi connectivity index (χ0v) is 20.3. The summed E-state index contributed by atoms with van der Waals surface area (Å²) in [6.07, 6.45) is -4.45. The van der Waals surface area contributed by atoms with Gasteiger partial charge >= 0.3 is 12.4 Å². The van der Waals surface area contributed by atoms with Crippen LogP contribution in [-0.4, -0.2) is 30.9 Å². The van der Waals surface area contributed by atoms with E-state index in [1.165, 1.54) is 24.3 Å². The number of unbranched alkanes of at least 4 members (excludes halogenated alkanes) is 1. The number of halogens is 6. The van der Waals surface area contributed by atoms with Crippen molar-refractivity contribution in [2.75, 3.05) is 19.7 Å². The van der Waals surface area contributed by atoms with Gasteiger partial charge in [0.05, 0.1) is 23.8 Å². The van der Waals surface area contributed by atoms with Crippen molar-refractivity contribution in [2.45, 2.75) is 69.3 Å². The Morgan fingerprint density at radius 3 is 1.92 bits per heavy atom. The minimum atomic E-state index is -4.40. The molecule has 1 aliphatic carbocycles. The second-order valence-electron chi connectivity index (χ2n) is 9.60. The number of alkyl halides is 6. The first-order valence-electron chi connectivity index (χ1n) is 12.3. The lowest BCUT2D eigenvalue weighted by atomic mass is 9.61. The molecule has 3 nitrogen and oxygen atoms in total. The van der Waals surface area contributed by atoms with Gasteiger partial charge in [-0.25, -0.2) is 0 Å². The maximum absolute atomic E-state index is 12.9. The molecule has 9 heteroatoms. The monoisotopic (exact) mass is 517 g/mol. The lowest BCUT2D eigenvalue weighted by molar-refractivity contribution is -0.138. The van der Waals surface area contributed by atoms with Crippen molar-refractivity contribution >= 4 is 0 Å². The van der Waals surface area contributed by atoms with Crippen molar-refractivity contribution < 1.29 is 36.2 Å². The number of benzene rings is 2. The molecule has 1 fully saturated rings. The lowest BCUT2D eigenvalue weighted by Gasteiger charge is -2.46. The van der Waals surface area contributed by atoms with E-state index >= 15 is 0 Å². The van der Waals surface area contributed by atoms with Crippen molar-refractivity contribution in [3.8, 4) is 5.75 Å². The fourth-order valence-corrected chi connectivity index (χ4v) is 4.67. The van der Waals surface area contributed by atoms with E-state index in [9.17, 15) is 31.4 Å². The molecule has 2 N–H and O–H groups in total. The minimum Gasteiger partial charge on any atom is -0.493 e. The Labute approximate surface area is 207 Å². The van der Waals surface area contributed by atoms with Crippen LogP contribution in [0.3, 0.4) is 0 Å². The van der Waals surface area contributed by atoms with Gasteiger partial charge in [-0.05, 0) is 61.2 Å². The van der Waals surface area contributed by atoms with Crippen molar-refractivity contribution in [3.63, 3.8) is 0 Å². The molecule has 0 radical (unpaired) electrons. The van der Waals surface area contributed by atoms with E-state index in [1.54, 1.807) is 0 Å². The van der Waals surface area contributed by atoms with Gasteiger partial charge in [0.2, 0.25) is 0 Å². The molecule has 200 valence electrons.